The Kier molecular flexibility index (Phi) is 5.31. The van der Waals surface area contributed by atoms with E-state index in [1.165, 1.54) is 47.4 Å². The van der Waals surface area contributed by atoms with Crippen LogP contribution in [0, 0.1) is 0 Å². The van der Waals surface area contributed by atoms with Crippen molar-refractivity contribution in [1.29, 1.82) is 0 Å². The van der Waals surface area contributed by atoms with Crippen molar-refractivity contribution < 1.29 is 18.0 Å². The minimum Gasteiger partial charge on any atom is -0.352 e. The second kappa shape index (κ2) is 7.84. The first-order valence-electron chi connectivity index (χ1n) is 7.88. The van der Waals surface area contributed by atoms with Crippen LogP contribution in [0.25, 0.3) is 5.69 Å². The topological polar surface area (TPSA) is 162 Å². The molecular weight excluding hydrogens is 386 g/mol. The normalized spacial score (nSPS) is 11.0. The molecule has 4 N–H and O–H groups in total. The highest BCUT2D eigenvalue weighted by molar-refractivity contribution is 7.90. The van der Waals surface area contributed by atoms with E-state index in [1.54, 1.807) is 12.1 Å². The smallest absolute Gasteiger partial charge is 0.312 e. The minimum absolute atomic E-state index is 0.0969. The van der Waals surface area contributed by atoms with Crippen molar-refractivity contribution in [2.45, 2.75) is 11.4 Å². The van der Waals surface area contributed by atoms with Crippen molar-refractivity contribution >= 4 is 22.0 Å². The first-order chi connectivity index (χ1) is 13.3. The molecule has 3 amide bonds. The molecular formula is C16H15N7O4S. The van der Waals surface area contributed by atoms with E-state index in [1.807, 2.05) is 4.72 Å². The quantitative estimate of drug-likeness (QED) is 0.521. The number of hydrogen-bond donors (Lipinski definition) is 3. The number of amides is 3. The first kappa shape index (κ1) is 19.0. The molecule has 1 heterocycles. The molecule has 0 bridgehead atoms. The lowest BCUT2D eigenvalue weighted by atomic mass is 10.2. The number of aromatic nitrogens is 4. The summed E-state index contributed by atoms with van der Waals surface area (Å²) in [7, 11) is -4.08. The maximum absolute atomic E-state index is 12.4. The number of carbonyl (C=O) groups excluding carboxylic acids is 2. The number of carbonyl (C=O) groups is 2. The first-order valence-corrected chi connectivity index (χ1v) is 9.36. The predicted molar refractivity (Wildman–Crippen MR) is 96.7 cm³/mol. The van der Waals surface area contributed by atoms with Crippen LogP contribution in [0.15, 0.2) is 59.8 Å². The summed E-state index contributed by atoms with van der Waals surface area (Å²) in [6.45, 7) is 0.159. The molecule has 0 unspecified atom stereocenters. The minimum atomic E-state index is -4.08. The number of rotatable bonds is 6. The van der Waals surface area contributed by atoms with E-state index in [0.29, 0.717) is 11.3 Å². The van der Waals surface area contributed by atoms with E-state index in [4.69, 9.17) is 5.73 Å². The monoisotopic (exact) mass is 401 g/mol. The summed E-state index contributed by atoms with van der Waals surface area (Å²) in [6, 6.07) is 11.2. The van der Waals surface area contributed by atoms with Gasteiger partial charge >= 0.3 is 6.03 Å². The summed E-state index contributed by atoms with van der Waals surface area (Å²) < 4.78 is 28.2. The van der Waals surface area contributed by atoms with Gasteiger partial charge in [0.25, 0.3) is 15.9 Å². The second-order valence-corrected chi connectivity index (χ2v) is 7.28. The molecule has 0 saturated heterocycles. The van der Waals surface area contributed by atoms with Gasteiger partial charge in [0.05, 0.1) is 10.6 Å². The lowest BCUT2D eigenvalue weighted by Gasteiger charge is -2.09. The van der Waals surface area contributed by atoms with E-state index in [9.17, 15) is 18.0 Å². The molecule has 12 heteroatoms. The van der Waals surface area contributed by atoms with Crippen LogP contribution in [-0.4, -0.2) is 40.6 Å². The fraction of sp³-hybridized carbons (Fsp3) is 0.0625. The Bertz CT molecular complexity index is 1100. The van der Waals surface area contributed by atoms with Crippen molar-refractivity contribution in [2.75, 3.05) is 0 Å². The van der Waals surface area contributed by atoms with Gasteiger partial charge in [-0.3, -0.25) is 4.79 Å². The Morgan fingerprint density at radius 1 is 1.11 bits per heavy atom. The Morgan fingerprint density at radius 2 is 1.86 bits per heavy atom. The van der Waals surface area contributed by atoms with Crippen LogP contribution in [0.1, 0.15) is 15.9 Å². The third kappa shape index (κ3) is 4.48. The highest BCUT2D eigenvalue weighted by atomic mass is 32.2. The molecule has 3 rings (SSSR count). The van der Waals surface area contributed by atoms with E-state index in [0.717, 1.165) is 0 Å². The van der Waals surface area contributed by atoms with Crippen LogP contribution >= 0.6 is 0 Å². The molecule has 0 aliphatic rings. The summed E-state index contributed by atoms with van der Waals surface area (Å²) in [6.07, 6.45) is 1.35. The van der Waals surface area contributed by atoms with Gasteiger partial charge in [-0.1, -0.05) is 18.2 Å². The molecule has 0 saturated carbocycles. The second-order valence-electron chi connectivity index (χ2n) is 5.60. The Hall–Kier alpha value is -3.80. The fourth-order valence-corrected chi connectivity index (χ4v) is 3.26. The maximum atomic E-state index is 12.4. The number of hydrogen-bond acceptors (Lipinski definition) is 7. The van der Waals surface area contributed by atoms with Gasteiger partial charge < -0.3 is 11.1 Å². The third-order valence-electron chi connectivity index (χ3n) is 3.65. The largest absolute Gasteiger partial charge is 0.352 e. The number of benzene rings is 2. The molecule has 11 nitrogen and oxygen atoms in total. The highest BCUT2D eigenvalue weighted by Crippen LogP contribution is 2.13. The van der Waals surface area contributed by atoms with E-state index in [-0.39, 0.29) is 17.0 Å². The fourth-order valence-electron chi connectivity index (χ4n) is 2.28. The molecule has 2 aromatic carbocycles. The van der Waals surface area contributed by atoms with E-state index < -0.39 is 22.0 Å². The van der Waals surface area contributed by atoms with Crippen molar-refractivity contribution in [1.82, 2.24) is 30.2 Å². The van der Waals surface area contributed by atoms with Gasteiger partial charge in [0.15, 0.2) is 0 Å². The summed E-state index contributed by atoms with van der Waals surface area (Å²) in [5.74, 6) is -0.797. The van der Waals surface area contributed by atoms with Crippen LogP contribution < -0.4 is 15.8 Å². The van der Waals surface area contributed by atoms with Crippen LogP contribution in [0.3, 0.4) is 0 Å². The van der Waals surface area contributed by atoms with Crippen LogP contribution in [0.4, 0.5) is 4.79 Å². The summed E-state index contributed by atoms with van der Waals surface area (Å²) in [5, 5.41) is 13.1. The molecule has 144 valence electrons. The van der Waals surface area contributed by atoms with Gasteiger partial charge in [-0.2, -0.15) is 0 Å². The van der Waals surface area contributed by atoms with Crippen LogP contribution in [0.2, 0.25) is 0 Å². The average molecular weight is 401 g/mol. The molecule has 0 aliphatic heterocycles. The zero-order chi connectivity index (χ0) is 20.1. The number of sulfonamides is 1. The molecule has 0 fully saturated rings. The van der Waals surface area contributed by atoms with Crippen molar-refractivity contribution in [2.24, 2.45) is 5.73 Å². The standard InChI is InChI=1S/C16H15N7O4S/c17-16(25)18-9-11-4-6-14(7-5-11)28(26,27)20-15(24)12-2-1-3-13(8-12)23-10-19-21-22-23/h1-8,10H,9H2,(H,20,24)(H3,17,18,25). The molecule has 3 aromatic rings. The number of tetrazole rings is 1. The van der Waals surface area contributed by atoms with E-state index >= 15 is 0 Å². The molecule has 28 heavy (non-hydrogen) atoms. The summed E-state index contributed by atoms with van der Waals surface area (Å²) in [5.41, 5.74) is 6.26. The van der Waals surface area contributed by atoms with Crippen molar-refractivity contribution in [3.8, 4) is 5.69 Å². The predicted octanol–water partition coefficient (Wildman–Crippen LogP) is -0.0507. The molecule has 0 spiro atoms. The van der Waals surface area contributed by atoms with Gasteiger partial charge in [0.2, 0.25) is 0 Å². The molecule has 0 atom stereocenters. The SMILES string of the molecule is NC(=O)NCc1ccc(S(=O)(=O)NC(=O)c2cccc(-n3cnnn3)c2)cc1. The Balaban J connectivity index is 1.74. The number of urea groups is 1. The molecule has 0 aliphatic carbocycles. The summed E-state index contributed by atoms with van der Waals surface area (Å²) in [4.78, 5) is 23.0. The average Bonchev–Trinajstić information content (AvgIpc) is 3.21. The van der Waals surface area contributed by atoms with E-state index in [2.05, 4.69) is 20.8 Å². The van der Waals surface area contributed by atoms with Crippen LogP contribution in [-0.2, 0) is 16.6 Å². The van der Waals surface area contributed by atoms with Gasteiger partial charge in [-0.25, -0.2) is 22.6 Å². The number of primary amides is 1. The zero-order valence-corrected chi connectivity index (χ0v) is 15.1. The van der Waals surface area contributed by atoms with Gasteiger partial charge in [-0.15, -0.1) is 5.10 Å². The highest BCUT2D eigenvalue weighted by Gasteiger charge is 2.19. The Morgan fingerprint density at radius 3 is 2.50 bits per heavy atom. The molecule has 0 radical (unpaired) electrons. The lowest BCUT2D eigenvalue weighted by Crippen LogP contribution is -2.31. The van der Waals surface area contributed by atoms with Crippen molar-refractivity contribution in [3.05, 3.63) is 66.0 Å². The van der Waals surface area contributed by atoms with Gasteiger partial charge in [0, 0.05) is 12.1 Å². The number of nitrogens with two attached hydrogens (primary N) is 1. The van der Waals surface area contributed by atoms with Gasteiger partial charge in [-0.05, 0) is 46.3 Å². The number of nitrogens with one attached hydrogen (secondary N) is 2. The lowest BCUT2D eigenvalue weighted by molar-refractivity contribution is 0.0981. The summed E-state index contributed by atoms with van der Waals surface area (Å²) >= 11 is 0. The van der Waals surface area contributed by atoms with Crippen LogP contribution in [0.5, 0.6) is 0 Å². The third-order valence-corrected chi connectivity index (χ3v) is 5.00. The zero-order valence-electron chi connectivity index (χ0n) is 14.3. The van der Waals surface area contributed by atoms with Crippen molar-refractivity contribution in [3.63, 3.8) is 0 Å². The molecule has 1 aromatic heterocycles. The Labute approximate surface area is 159 Å². The maximum Gasteiger partial charge on any atom is 0.312 e. The number of nitrogens with zero attached hydrogens (tertiary/aromatic N) is 4. The van der Waals surface area contributed by atoms with Gasteiger partial charge in [0.1, 0.15) is 6.33 Å².